The van der Waals surface area contributed by atoms with E-state index in [9.17, 15) is 14.4 Å². The highest BCUT2D eigenvalue weighted by Gasteiger charge is 2.23. The highest BCUT2D eigenvalue weighted by molar-refractivity contribution is 5.99. The summed E-state index contributed by atoms with van der Waals surface area (Å²) in [7, 11) is 0. The van der Waals surface area contributed by atoms with Crippen LogP contribution in [0.5, 0.6) is 0 Å². The minimum atomic E-state index is -0.787. The van der Waals surface area contributed by atoms with Crippen molar-refractivity contribution in [3.63, 3.8) is 0 Å². The summed E-state index contributed by atoms with van der Waals surface area (Å²) in [4.78, 5) is 37.6. The van der Waals surface area contributed by atoms with Crippen LogP contribution in [0.25, 0.3) is 0 Å². The molecule has 3 rings (SSSR count). The minimum Gasteiger partial charge on any atom is -0.368 e. The van der Waals surface area contributed by atoms with Crippen LogP contribution < -0.4 is 16.0 Å². The van der Waals surface area contributed by atoms with Gasteiger partial charge in [0.05, 0.1) is 0 Å². The zero-order valence-electron chi connectivity index (χ0n) is 14.4. The van der Waals surface area contributed by atoms with Gasteiger partial charge >= 0.3 is 0 Å². The van der Waals surface area contributed by atoms with Crippen molar-refractivity contribution in [3.05, 3.63) is 65.7 Å². The lowest BCUT2D eigenvalue weighted by molar-refractivity contribution is -0.120. The van der Waals surface area contributed by atoms with Crippen molar-refractivity contribution in [1.82, 2.24) is 5.32 Å². The normalized spacial score (nSPS) is 14.9. The number of nitrogens with zero attached hydrogens (tertiary/aromatic N) is 1. The molecule has 1 fully saturated rings. The molecule has 134 valence electrons. The number of hydrogen-bond donors (Lipinski definition) is 2. The fraction of sp³-hybridized carbons (Fsp3) is 0.250. The summed E-state index contributed by atoms with van der Waals surface area (Å²) in [6.07, 6.45) is 1.74. The van der Waals surface area contributed by atoms with E-state index in [4.69, 9.17) is 5.73 Å². The second-order valence-electron chi connectivity index (χ2n) is 6.31. The Morgan fingerprint density at radius 1 is 1.08 bits per heavy atom. The predicted molar refractivity (Wildman–Crippen MR) is 98.6 cm³/mol. The molecule has 0 bridgehead atoms. The van der Waals surface area contributed by atoms with E-state index < -0.39 is 11.9 Å². The molecule has 6 heteroatoms. The van der Waals surface area contributed by atoms with Crippen LogP contribution in [-0.4, -0.2) is 30.3 Å². The maximum Gasteiger partial charge on any atom is 0.251 e. The summed E-state index contributed by atoms with van der Waals surface area (Å²) in [5.41, 5.74) is 7.55. The van der Waals surface area contributed by atoms with Crippen LogP contribution >= 0.6 is 0 Å². The SMILES string of the molecule is NC(=O)[C@H](Cc1ccccc1)NC(=O)c1ccc(N2CCCC2=O)cc1. The number of benzene rings is 2. The van der Waals surface area contributed by atoms with Crippen molar-refractivity contribution in [3.8, 4) is 0 Å². The third kappa shape index (κ3) is 4.08. The van der Waals surface area contributed by atoms with Crippen molar-refractivity contribution in [2.45, 2.75) is 25.3 Å². The highest BCUT2D eigenvalue weighted by atomic mass is 16.2. The Balaban J connectivity index is 1.67. The molecule has 26 heavy (non-hydrogen) atoms. The Labute approximate surface area is 152 Å². The molecule has 0 saturated carbocycles. The molecule has 0 aliphatic carbocycles. The van der Waals surface area contributed by atoms with E-state index in [1.54, 1.807) is 29.2 Å². The number of nitrogens with two attached hydrogens (primary N) is 1. The zero-order valence-corrected chi connectivity index (χ0v) is 14.4. The van der Waals surface area contributed by atoms with E-state index in [0.29, 0.717) is 24.9 Å². The maximum atomic E-state index is 12.4. The van der Waals surface area contributed by atoms with Gasteiger partial charge < -0.3 is 16.0 Å². The third-order valence-corrected chi connectivity index (χ3v) is 4.45. The number of anilines is 1. The van der Waals surface area contributed by atoms with Crippen molar-refractivity contribution >= 4 is 23.4 Å². The van der Waals surface area contributed by atoms with Crippen LogP contribution in [0.15, 0.2) is 54.6 Å². The first-order valence-electron chi connectivity index (χ1n) is 8.59. The Morgan fingerprint density at radius 2 is 1.77 bits per heavy atom. The molecule has 0 unspecified atom stereocenters. The largest absolute Gasteiger partial charge is 0.368 e. The lowest BCUT2D eigenvalue weighted by atomic mass is 10.0. The second-order valence-corrected chi connectivity index (χ2v) is 6.31. The fourth-order valence-electron chi connectivity index (χ4n) is 3.03. The first-order valence-corrected chi connectivity index (χ1v) is 8.59. The number of nitrogens with one attached hydrogen (secondary N) is 1. The van der Waals surface area contributed by atoms with Gasteiger partial charge in [0.15, 0.2) is 0 Å². The average molecular weight is 351 g/mol. The van der Waals surface area contributed by atoms with Gasteiger partial charge in [-0.1, -0.05) is 30.3 Å². The number of amides is 3. The quantitative estimate of drug-likeness (QED) is 0.829. The van der Waals surface area contributed by atoms with Gasteiger partial charge in [-0.2, -0.15) is 0 Å². The fourth-order valence-corrected chi connectivity index (χ4v) is 3.03. The molecular weight excluding hydrogens is 330 g/mol. The molecule has 1 atom stereocenters. The molecule has 3 N–H and O–H groups in total. The van der Waals surface area contributed by atoms with Gasteiger partial charge in [-0.05, 0) is 36.2 Å². The average Bonchev–Trinajstić information content (AvgIpc) is 3.08. The molecule has 1 aliphatic rings. The lowest BCUT2D eigenvalue weighted by Gasteiger charge is -2.17. The summed E-state index contributed by atoms with van der Waals surface area (Å²) >= 11 is 0. The Morgan fingerprint density at radius 3 is 2.35 bits per heavy atom. The Kier molecular flexibility index (Phi) is 5.31. The summed E-state index contributed by atoms with van der Waals surface area (Å²) in [6.45, 7) is 0.700. The second kappa shape index (κ2) is 7.82. The van der Waals surface area contributed by atoms with Gasteiger partial charge in [0.25, 0.3) is 5.91 Å². The van der Waals surface area contributed by atoms with Gasteiger partial charge in [0.1, 0.15) is 6.04 Å². The first kappa shape index (κ1) is 17.7. The monoisotopic (exact) mass is 351 g/mol. The van der Waals surface area contributed by atoms with E-state index in [-0.39, 0.29) is 11.8 Å². The molecule has 0 aromatic heterocycles. The third-order valence-electron chi connectivity index (χ3n) is 4.45. The summed E-state index contributed by atoms with van der Waals surface area (Å²) in [6, 6.07) is 15.4. The number of rotatable bonds is 6. The molecule has 2 aromatic rings. The summed E-state index contributed by atoms with van der Waals surface area (Å²) in [5.74, 6) is -0.857. The van der Waals surface area contributed by atoms with E-state index in [1.165, 1.54) is 0 Å². The Bertz CT molecular complexity index is 803. The van der Waals surface area contributed by atoms with Gasteiger partial charge in [-0.25, -0.2) is 0 Å². The molecule has 3 amide bonds. The highest BCUT2D eigenvalue weighted by Crippen LogP contribution is 2.21. The molecule has 6 nitrogen and oxygen atoms in total. The van der Waals surface area contributed by atoms with Crippen LogP contribution in [0.2, 0.25) is 0 Å². The van der Waals surface area contributed by atoms with E-state index in [2.05, 4.69) is 5.32 Å². The van der Waals surface area contributed by atoms with Crippen molar-refractivity contribution in [2.24, 2.45) is 5.73 Å². The van der Waals surface area contributed by atoms with Gasteiger partial charge in [0, 0.05) is 30.6 Å². The maximum absolute atomic E-state index is 12.4. The van der Waals surface area contributed by atoms with Gasteiger partial charge in [-0.3, -0.25) is 14.4 Å². The van der Waals surface area contributed by atoms with E-state index in [1.807, 2.05) is 30.3 Å². The van der Waals surface area contributed by atoms with Crippen molar-refractivity contribution in [1.29, 1.82) is 0 Å². The predicted octanol–water partition coefficient (Wildman–Crippen LogP) is 1.64. The number of hydrogen-bond acceptors (Lipinski definition) is 3. The first-order chi connectivity index (χ1) is 12.5. The van der Waals surface area contributed by atoms with Crippen LogP contribution in [0.1, 0.15) is 28.8 Å². The molecule has 1 saturated heterocycles. The minimum absolute atomic E-state index is 0.0962. The standard InChI is InChI=1S/C20H21N3O3/c21-19(25)17(13-14-5-2-1-3-6-14)22-20(26)15-8-10-16(11-9-15)23-12-4-7-18(23)24/h1-3,5-6,8-11,17H,4,7,12-13H2,(H2,21,25)(H,22,26)/t17-/m0/s1. The number of primary amides is 1. The Hall–Kier alpha value is -3.15. The smallest absolute Gasteiger partial charge is 0.251 e. The lowest BCUT2D eigenvalue weighted by Crippen LogP contribution is -2.45. The molecule has 0 radical (unpaired) electrons. The number of carbonyl (C=O) groups excluding carboxylic acids is 3. The zero-order chi connectivity index (χ0) is 18.5. The van der Waals surface area contributed by atoms with Gasteiger partial charge in [-0.15, -0.1) is 0 Å². The summed E-state index contributed by atoms with van der Waals surface area (Å²) in [5, 5.41) is 2.68. The van der Waals surface area contributed by atoms with E-state index in [0.717, 1.165) is 17.7 Å². The van der Waals surface area contributed by atoms with Crippen LogP contribution in [0.4, 0.5) is 5.69 Å². The van der Waals surface area contributed by atoms with Crippen LogP contribution in [0.3, 0.4) is 0 Å². The molecule has 1 heterocycles. The van der Waals surface area contributed by atoms with E-state index >= 15 is 0 Å². The molecular formula is C20H21N3O3. The van der Waals surface area contributed by atoms with Crippen LogP contribution in [-0.2, 0) is 16.0 Å². The summed E-state index contributed by atoms with van der Waals surface area (Å²) < 4.78 is 0. The van der Waals surface area contributed by atoms with Crippen molar-refractivity contribution < 1.29 is 14.4 Å². The van der Waals surface area contributed by atoms with Crippen LogP contribution in [0, 0.1) is 0 Å². The van der Waals surface area contributed by atoms with Crippen molar-refractivity contribution in [2.75, 3.05) is 11.4 Å². The molecule has 0 spiro atoms. The molecule has 2 aromatic carbocycles. The number of carbonyl (C=O) groups is 3. The topological polar surface area (TPSA) is 92.5 Å². The molecule has 1 aliphatic heterocycles. The van der Waals surface area contributed by atoms with Gasteiger partial charge in [0.2, 0.25) is 11.8 Å².